The first-order valence-corrected chi connectivity index (χ1v) is 5.90. The quantitative estimate of drug-likeness (QED) is 0.580. The van der Waals surface area contributed by atoms with Crippen LogP contribution in [0, 0.1) is 0 Å². The molecule has 0 aliphatic carbocycles. The van der Waals surface area contributed by atoms with E-state index in [2.05, 4.69) is 4.72 Å². The number of sulfonamides is 1. The van der Waals surface area contributed by atoms with E-state index in [1.165, 1.54) is 7.11 Å². The lowest BCUT2D eigenvalue weighted by molar-refractivity contribution is 0.158. The first kappa shape index (κ1) is 13.1. The molecule has 0 aromatic rings. The minimum absolute atomic E-state index is 0.0984. The van der Waals surface area contributed by atoms with Gasteiger partial charge in [-0.3, -0.25) is 0 Å². The monoisotopic (exact) mass is 231 g/mol. The van der Waals surface area contributed by atoms with Crippen LogP contribution in [-0.2, 0) is 14.8 Å². The van der Waals surface area contributed by atoms with Crippen LogP contribution in [0.1, 0.15) is 6.42 Å². The Labute approximate surface area is 83.1 Å². The standard InChI is InChI=1S/C6H14ClNO4S/c1-12-4-6(2-3-9)8-13(10,11)5-7/h6,8-9H,2-5H2,1H3. The van der Waals surface area contributed by atoms with Crippen molar-refractivity contribution in [2.75, 3.05) is 25.5 Å². The second kappa shape index (κ2) is 6.56. The van der Waals surface area contributed by atoms with E-state index in [1.54, 1.807) is 0 Å². The van der Waals surface area contributed by atoms with Crippen molar-refractivity contribution in [1.29, 1.82) is 0 Å². The fraction of sp³-hybridized carbons (Fsp3) is 1.00. The number of aliphatic hydroxyl groups excluding tert-OH is 1. The van der Waals surface area contributed by atoms with E-state index in [9.17, 15) is 8.42 Å². The van der Waals surface area contributed by atoms with Crippen molar-refractivity contribution in [2.24, 2.45) is 0 Å². The van der Waals surface area contributed by atoms with Crippen molar-refractivity contribution >= 4 is 21.6 Å². The summed E-state index contributed by atoms with van der Waals surface area (Å²) in [6.07, 6.45) is 0.309. The predicted octanol–water partition coefficient (Wildman–Crippen LogP) is -0.500. The summed E-state index contributed by atoms with van der Waals surface area (Å²) in [7, 11) is -1.98. The molecule has 0 saturated heterocycles. The molecule has 0 aliphatic rings. The van der Waals surface area contributed by atoms with Gasteiger partial charge in [-0.1, -0.05) is 0 Å². The zero-order chi connectivity index (χ0) is 10.3. The van der Waals surface area contributed by atoms with E-state index < -0.39 is 21.3 Å². The molecule has 2 N–H and O–H groups in total. The molecule has 0 bridgehead atoms. The van der Waals surface area contributed by atoms with E-state index in [-0.39, 0.29) is 13.2 Å². The lowest BCUT2D eigenvalue weighted by Crippen LogP contribution is -2.39. The van der Waals surface area contributed by atoms with Crippen molar-refractivity contribution in [2.45, 2.75) is 12.5 Å². The topological polar surface area (TPSA) is 75.6 Å². The highest BCUT2D eigenvalue weighted by atomic mass is 35.5. The van der Waals surface area contributed by atoms with Gasteiger partial charge in [0.05, 0.1) is 6.61 Å². The molecule has 0 heterocycles. The summed E-state index contributed by atoms with van der Waals surface area (Å²) < 4.78 is 29.0. The van der Waals surface area contributed by atoms with Crippen LogP contribution in [0.4, 0.5) is 0 Å². The third kappa shape index (κ3) is 6.23. The minimum Gasteiger partial charge on any atom is -0.396 e. The molecule has 0 saturated carbocycles. The minimum atomic E-state index is -3.44. The summed E-state index contributed by atoms with van der Waals surface area (Å²) in [5.74, 6) is 0. The average Bonchev–Trinajstić information content (AvgIpc) is 2.05. The number of aliphatic hydroxyl groups is 1. The van der Waals surface area contributed by atoms with Crippen molar-refractivity contribution in [3.63, 3.8) is 0 Å². The van der Waals surface area contributed by atoms with Crippen LogP contribution >= 0.6 is 11.6 Å². The van der Waals surface area contributed by atoms with Gasteiger partial charge in [0.1, 0.15) is 5.21 Å². The van der Waals surface area contributed by atoms with Crippen molar-refractivity contribution in [3.8, 4) is 0 Å². The zero-order valence-corrected chi connectivity index (χ0v) is 8.94. The summed E-state index contributed by atoms with van der Waals surface area (Å²) in [5, 5.41) is 8.12. The third-order valence-electron chi connectivity index (χ3n) is 1.34. The number of methoxy groups -OCH3 is 1. The summed E-state index contributed by atoms with van der Waals surface area (Å²) in [6, 6.07) is -0.418. The molecule has 1 atom stereocenters. The van der Waals surface area contributed by atoms with Crippen LogP contribution in [-0.4, -0.2) is 45.1 Å². The van der Waals surface area contributed by atoms with Gasteiger partial charge in [0, 0.05) is 19.8 Å². The predicted molar refractivity (Wildman–Crippen MR) is 50.1 cm³/mol. The molecule has 0 radical (unpaired) electrons. The van der Waals surface area contributed by atoms with Gasteiger partial charge in [0.15, 0.2) is 0 Å². The molecule has 0 fully saturated rings. The van der Waals surface area contributed by atoms with Crippen molar-refractivity contribution in [1.82, 2.24) is 4.72 Å². The van der Waals surface area contributed by atoms with Crippen molar-refractivity contribution < 1.29 is 18.3 Å². The number of nitrogens with one attached hydrogen (secondary N) is 1. The summed E-state index contributed by atoms with van der Waals surface area (Å²) in [4.78, 5) is 0. The van der Waals surface area contributed by atoms with Gasteiger partial charge in [-0.25, -0.2) is 13.1 Å². The van der Waals surface area contributed by atoms with Crippen LogP contribution in [0.15, 0.2) is 0 Å². The molecule has 13 heavy (non-hydrogen) atoms. The van der Waals surface area contributed by atoms with Crippen molar-refractivity contribution in [3.05, 3.63) is 0 Å². The van der Waals surface area contributed by atoms with Crippen LogP contribution in [0.25, 0.3) is 0 Å². The highest BCUT2D eigenvalue weighted by Crippen LogP contribution is 1.97. The molecule has 80 valence electrons. The smallest absolute Gasteiger partial charge is 0.225 e. The Morgan fingerprint density at radius 1 is 1.62 bits per heavy atom. The number of rotatable bonds is 7. The first-order valence-electron chi connectivity index (χ1n) is 3.71. The Bertz CT molecular complexity index is 213. The van der Waals surface area contributed by atoms with E-state index >= 15 is 0 Å². The summed E-state index contributed by atoms with van der Waals surface area (Å²) in [6.45, 7) is 0.121. The zero-order valence-electron chi connectivity index (χ0n) is 7.36. The highest BCUT2D eigenvalue weighted by molar-refractivity contribution is 7.90. The fourth-order valence-corrected chi connectivity index (χ4v) is 1.76. The fourth-order valence-electron chi connectivity index (χ4n) is 0.819. The average molecular weight is 232 g/mol. The van der Waals surface area contributed by atoms with Crippen LogP contribution in [0.5, 0.6) is 0 Å². The molecule has 0 aromatic heterocycles. The van der Waals surface area contributed by atoms with Crippen LogP contribution in [0.2, 0.25) is 0 Å². The lowest BCUT2D eigenvalue weighted by Gasteiger charge is -2.15. The molecule has 7 heteroatoms. The van der Waals surface area contributed by atoms with Gasteiger partial charge in [0.2, 0.25) is 10.0 Å². The Morgan fingerprint density at radius 2 is 2.23 bits per heavy atom. The number of ether oxygens (including phenoxy) is 1. The normalized spacial score (nSPS) is 14.4. The van der Waals surface area contributed by atoms with E-state index in [1.807, 2.05) is 0 Å². The van der Waals surface area contributed by atoms with E-state index in [0.717, 1.165) is 0 Å². The van der Waals surface area contributed by atoms with Gasteiger partial charge in [-0.15, -0.1) is 11.6 Å². The maximum atomic E-state index is 11.0. The lowest BCUT2D eigenvalue weighted by atomic mass is 10.2. The number of hydrogen-bond acceptors (Lipinski definition) is 4. The van der Waals surface area contributed by atoms with Gasteiger partial charge < -0.3 is 9.84 Å². The number of hydrogen-bond donors (Lipinski definition) is 2. The molecule has 0 spiro atoms. The SMILES string of the molecule is COCC(CCO)NS(=O)(=O)CCl. The Balaban J connectivity index is 4.08. The van der Waals surface area contributed by atoms with Gasteiger partial charge in [0.25, 0.3) is 0 Å². The van der Waals surface area contributed by atoms with Crippen LogP contribution < -0.4 is 4.72 Å². The second-order valence-corrected chi connectivity index (χ2v) is 4.84. The summed E-state index contributed by atoms with van der Waals surface area (Å²) >= 11 is 5.18. The highest BCUT2D eigenvalue weighted by Gasteiger charge is 2.15. The largest absolute Gasteiger partial charge is 0.396 e. The molecule has 0 aromatic carbocycles. The molecule has 1 unspecified atom stereocenters. The molecule has 0 aliphatic heterocycles. The van der Waals surface area contributed by atoms with E-state index in [4.69, 9.17) is 21.4 Å². The molecule has 0 amide bonds. The molecular weight excluding hydrogens is 218 g/mol. The van der Waals surface area contributed by atoms with Gasteiger partial charge in [-0.2, -0.15) is 0 Å². The summed E-state index contributed by atoms with van der Waals surface area (Å²) in [5.41, 5.74) is 0. The third-order valence-corrected chi connectivity index (χ3v) is 3.18. The van der Waals surface area contributed by atoms with Crippen LogP contribution in [0.3, 0.4) is 0 Å². The Morgan fingerprint density at radius 3 is 2.62 bits per heavy atom. The van der Waals surface area contributed by atoms with E-state index in [0.29, 0.717) is 6.42 Å². The molecule has 0 rings (SSSR count). The van der Waals surface area contributed by atoms with Gasteiger partial charge >= 0.3 is 0 Å². The van der Waals surface area contributed by atoms with Gasteiger partial charge in [-0.05, 0) is 6.42 Å². The molecular formula is C6H14ClNO4S. The first-order chi connectivity index (χ1) is 6.05. The number of halogens is 1. The Hall–Kier alpha value is 0.120. The molecule has 5 nitrogen and oxygen atoms in total. The second-order valence-electron chi connectivity index (χ2n) is 2.51. The maximum absolute atomic E-state index is 11.0. The number of alkyl halides is 1. The Kier molecular flexibility index (Phi) is 6.62. The maximum Gasteiger partial charge on any atom is 0.225 e.